The Morgan fingerprint density at radius 2 is 1.78 bits per heavy atom. The van der Waals surface area contributed by atoms with Crippen molar-refractivity contribution in [3.63, 3.8) is 0 Å². The van der Waals surface area contributed by atoms with E-state index in [1.807, 2.05) is 0 Å². The number of pyridine rings is 1. The highest BCUT2D eigenvalue weighted by Gasteiger charge is 2.58. The summed E-state index contributed by atoms with van der Waals surface area (Å²) in [6.07, 6.45) is -2.49. The van der Waals surface area contributed by atoms with Crippen LogP contribution in [0.2, 0.25) is 5.02 Å². The second-order valence-electron chi connectivity index (χ2n) is 5.11. The molecule has 2 atom stereocenters. The molecule has 3 nitrogen and oxygen atoms in total. The number of hydrogen-bond acceptors (Lipinski definition) is 3. The normalized spacial score (nSPS) is 15.8. The van der Waals surface area contributed by atoms with Crippen molar-refractivity contribution in [2.24, 2.45) is 0 Å². The van der Waals surface area contributed by atoms with Gasteiger partial charge in [-0.1, -0.05) is 24.6 Å². The Hall–Kier alpha value is -1.79. The van der Waals surface area contributed by atoms with Gasteiger partial charge >= 0.3 is 6.18 Å². The molecule has 23 heavy (non-hydrogen) atoms. The van der Waals surface area contributed by atoms with Crippen LogP contribution in [0, 0.1) is 0 Å². The van der Waals surface area contributed by atoms with Crippen molar-refractivity contribution in [2.75, 3.05) is 7.11 Å². The maximum absolute atomic E-state index is 13.7. The highest BCUT2D eigenvalue weighted by molar-refractivity contribution is 6.31. The number of hydrogen-bond donors (Lipinski definition) is 1. The molecule has 0 aliphatic carbocycles. The van der Waals surface area contributed by atoms with Crippen molar-refractivity contribution >= 4 is 11.6 Å². The summed E-state index contributed by atoms with van der Waals surface area (Å²) >= 11 is 6.08. The lowest BCUT2D eigenvalue weighted by molar-refractivity contribution is -0.274. The third-order valence-corrected chi connectivity index (χ3v) is 4.18. The van der Waals surface area contributed by atoms with Crippen LogP contribution in [-0.2, 0) is 5.60 Å². The first kappa shape index (κ1) is 17.6. The highest BCUT2D eigenvalue weighted by atomic mass is 35.5. The Labute approximate surface area is 136 Å². The van der Waals surface area contributed by atoms with Crippen LogP contribution in [0.1, 0.15) is 24.0 Å². The average molecular weight is 346 g/mol. The minimum absolute atomic E-state index is 0.0913. The van der Waals surface area contributed by atoms with E-state index in [1.165, 1.54) is 44.6 Å². The van der Waals surface area contributed by atoms with Crippen molar-refractivity contribution in [3.8, 4) is 5.75 Å². The number of alkyl halides is 3. The van der Waals surface area contributed by atoms with Crippen molar-refractivity contribution in [1.82, 2.24) is 4.98 Å². The summed E-state index contributed by atoms with van der Waals surface area (Å²) in [5.41, 5.74) is -3.21. The van der Waals surface area contributed by atoms with Gasteiger partial charge in [0.05, 0.1) is 7.11 Å². The molecule has 1 N–H and O–H groups in total. The van der Waals surface area contributed by atoms with Gasteiger partial charge in [0.1, 0.15) is 5.75 Å². The summed E-state index contributed by atoms with van der Waals surface area (Å²) < 4.78 is 46.0. The summed E-state index contributed by atoms with van der Waals surface area (Å²) in [6.45, 7) is 1.28. The molecule has 1 aromatic carbocycles. The molecule has 0 aliphatic heterocycles. The predicted octanol–water partition coefficient (Wildman–Crippen LogP) is 4.30. The number of nitrogens with zero attached hydrogens (tertiary/aromatic N) is 1. The molecule has 2 aromatic rings. The molecule has 0 saturated heterocycles. The lowest BCUT2D eigenvalue weighted by Gasteiger charge is -2.36. The molecule has 0 amide bonds. The number of rotatable bonds is 4. The van der Waals surface area contributed by atoms with Crippen molar-refractivity contribution in [3.05, 3.63) is 58.9 Å². The molecule has 0 radical (unpaired) electrons. The van der Waals surface area contributed by atoms with E-state index in [0.717, 1.165) is 12.1 Å². The zero-order valence-electron chi connectivity index (χ0n) is 12.4. The second-order valence-corrected chi connectivity index (χ2v) is 5.52. The van der Waals surface area contributed by atoms with Gasteiger partial charge in [0, 0.05) is 23.3 Å². The van der Waals surface area contributed by atoms with Gasteiger partial charge in [-0.25, -0.2) is 0 Å². The fraction of sp³-hybridized carbons (Fsp3) is 0.312. The monoisotopic (exact) mass is 345 g/mol. The van der Waals surface area contributed by atoms with Gasteiger partial charge in [-0.05, 0) is 35.4 Å². The Bertz CT molecular complexity index is 679. The first-order chi connectivity index (χ1) is 10.7. The molecule has 0 fully saturated rings. The van der Waals surface area contributed by atoms with E-state index in [2.05, 4.69) is 4.98 Å². The van der Waals surface area contributed by atoms with E-state index in [1.54, 1.807) is 0 Å². The van der Waals surface area contributed by atoms with Gasteiger partial charge in [-0.3, -0.25) is 4.98 Å². The van der Waals surface area contributed by atoms with Crippen molar-refractivity contribution in [1.29, 1.82) is 0 Å². The molecule has 0 bridgehead atoms. The van der Waals surface area contributed by atoms with Gasteiger partial charge in [0.2, 0.25) is 0 Å². The van der Waals surface area contributed by atoms with Crippen LogP contribution in [-0.4, -0.2) is 23.4 Å². The molecule has 7 heteroatoms. The topological polar surface area (TPSA) is 42.4 Å². The zero-order chi connectivity index (χ0) is 17.3. The Kier molecular flexibility index (Phi) is 4.87. The highest BCUT2D eigenvalue weighted by Crippen LogP contribution is 2.49. The molecule has 1 heterocycles. The fourth-order valence-electron chi connectivity index (χ4n) is 2.48. The molecule has 0 aliphatic rings. The predicted molar refractivity (Wildman–Crippen MR) is 80.6 cm³/mol. The first-order valence-corrected chi connectivity index (χ1v) is 7.12. The van der Waals surface area contributed by atoms with Gasteiger partial charge in [-0.15, -0.1) is 0 Å². The molecule has 1 aromatic heterocycles. The standard InChI is InChI=1S/C16H15ClF3NO2/c1-10(13-4-3-12(23-2)9-14(13)17)15(22,16(18,19)20)11-5-7-21-8-6-11/h3-10,22H,1-2H3. The largest absolute Gasteiger partial charge is 0.497 e. The SMILES string of the molecule is COc1ccc(C(C)C(O)(c2ccncc2)C(F)(F)F)c(Cl)c1. The second kappa shape index (κ2) is 6.37. The number of aliphatic hydroxyl groups is 1. The number of ether oxygens (including phenoxy) is 1. The van der Waals surface area contributed by atoms with Gasteiger partial charge in [-0.2, -0.15) is 13.2 Å². The summed E-state index contributed by atoms with van der Waals surface area (Å²) in [6, 6.07) is 6.62. The summed E-state index contributed by atoms with van der Waals surface area (Å²) in [5, 5.41) is 10.6. The summed E-state index contributed by atoms with van der Waals surface area (Å²) in [7, 11) is 1.43. The fourth-order valence-corrected chi connectivity index (χ4v) is 2.81. The Morgan fingerprint density at radius 3 is 2.26 bits per heavy atom. The lowest BCUT2D eigenvalue weighted by atomic mass is 9.78. The van der Waals surface area contributed by atoms with Crippen molar-refractivity contribution in [2.45, 2.75) is 24.6 Å². The van der Waals surface area contributed by atoms with E-state index in [0.29, 0.717) is 5.75 Å². The number of benzene rings is 1. The number of aromatic nitrogens is 1. The van der Waals surface area contributed by atoms with Gasteiger partial charge < -0.3 is 9.84 Å². The van der Waals surface area contributed by atoms with Crippen LogP contribution in [0.4, 0.5) is 13.2 Å². The van der Waals surface area contributed by atoms with Gasteiger partial charge in [0.25, 0.3) is 0 Å². The third-order valence-electron chi connectivity index (χ3n) is 3.85. The average Bonchev–Trinajstić information content (AvgIpc) is 2.53. The third kappa shape index (κ3) is 3.14. The van der Waals surface area contributed by atoms with Crippen LogP contribution in [0.5, 0.6) is 5.75 Å². The zero-order valence-corrected chi connectivity index (χ0v) is 13.2. The minimum Gasteiger partial charge on any atom is -0.497 e. The minimum atomic E-state index is -4.89. The smallest absolute Gasteiger partial charge is 0.422 e. The summed E-state index contributed by atoms with van der Waals surface area (Å²) in [4.78, 5) is 3.69. The molecule has 124 valence electrons. The van der Waals surface area contributed by atoms with E-state index < -0.39 is 17.7 Å². The van der Waals surface area contributed by atoms with Crippen LogP contribution in [0.25, 0.3) is 0 Å². The van der Waals surface area contributed by atoms with E-state index in [-0.39, 0.29) is 16.1 Å². The molecular weight excluding hydrogens is 331 g/mol. The molecule has 2 unspecified atom stereocenters. The molecular formula is C16H15ClF3NO2. The first-order valence-electron chi connectivity index (χ1n) is 6.75. The Morgan fingerprint density at radius 1 is 1.17 bits per heavy atom. The van der Waals surface area contributed by atoms with Crippen LogP contribution >= 0.6 is 11.6 Å². The van der Waals surface area contributed by atoms with E-state index >= 15 is 0 Å². The number of halogens is 4. The molecule has 2 rings (SSSR count). The van der Waals surface area contributed by atoms with Crippen LogP contribution in [0.3, 0.4) is 0 Å². The van der Waals surface area contributed by atoms with E-state index in [9.17, 15) is 18.3 Å². The quantitative estimate of drug-likeness (QED) is 0.898. The van der Waals surface area contributed by atoms with Crippen molar-refractivity contribution < 1.29 is 23.0 Å². The Balaban J connectivity index is 2.57. The van der Waals surface area contributed by atoms with Crippen LogP contribution in [0.15, 0.2) is 42.7 Å². The molecule has 0 spiro atoms. The maximum Gasteiger partial charge on any atom is 0.422 e. The maximum atomic E-state index is 13.7. The van der Waals surface area contributed by atoms with E-state index in [4.69, 9.17) is 16.3 Å². The summed E-state index contributed by atoms with van der Waals surface area (Å²) in [5.74, 6) is -0.909. The molecule has 0 saturated carbocycles. The number of methoxy groups -OCH3 is 1. The van der Waals surface area contributed by atoms with Gasteiger partial charge in [0.15, 0.2) is 5.60 Å². The lowest BCUT2D eigenvalue weighted by Crippen LogP contribution is -2.46. The van der Waals surface area contributed by atoms with Crippen LogP contribution < -0.4 is 4.74 Å².